The summed E-state index contributed by atoms with van der Waals surface area (Å²) in [7, 11) is 0. The van der Waals surface area contributed by atoms with E-state index in [-0.39, 0.29) is 24.0 Å². The van der Waals surface area contributed by atoms with Crippen LogP contribution in [-0.4, -0.2) is 61.6 Å². The second kappa shape index (κ2) is 8.12. The maximum Gasteiger partial charge on any atom is 0.323 e. The maximum absolute atomic E-state index is 12.1. The average molecular weight is 271 g/mol. The van der Waals surface area contributed by atoms with Crippen molar-refractivity contribution in [3.63, 3.8) is 0 Å². The summed E-state index contributed by atoms with van der Waals surface area (Å²) in [6.07, 6.45) is 0.648. The number of hydrogen-bond donors (Lipinski definition) is 2. The molecule has 1 aliphatic heterocycles. The minimum absolute atomic E-state index is 0.0301. The Bertz CT molecular complexity index is 290. The number of esters is 1. The highest BCUT2D eigenvalue weighted by Crippen LogP contribution is 2.13. The van der Waals surface area contributed by atoms with E-state index in [0.717, 1.165) is 6.54 Å². The number of nitrogens with zero attached hydrogens (tertiary/aromatic N) is 1. The number of ether oxygens (including phenoxy) is 1. The average Bonchev–Trinajstić information content (AvgIpc) is 2.41. The molecule has 6 heteroatoms. The molecule has 2 atom stereocenters. The Labute approximate surface area is 114 Å². The van der Waals surface area contributed by atoms with Crippen LogP contribution in [-0.2, 0) is 14.3 Å². The van der Waals surface area contributed by atoms with Gasteiger partial charge < -0.3 is 15.4 Å². The summed E-state index contributed by atoms with van der Waals surface area (Å²) in [5, 5.41) is 6.02. The van der Waals surface area contributed by atoms with Gasteiger partial charge in [-0.2, -0.15) is 0 Å². The summed E-state index contributed by atoms with van der Waals surface area (Å²) in [5.74, 6) is -0.265. The topological polar surface area (TPSA) is 70.7 Å². The number of hydrogen-bond acceptors (Lipinski definition) is 5. The van der Waals surface area contributed by atoms with E-state index < -0.39 is 0 Å². The molecule has 0 aromatic heterocycles. The summed E-state index contributed by atoms with van der Waals surface area (Å²) >= 11 is 0. The first-order valence-electron chi connectivity index (χ1n) is 7.06. The van der Waals surface area contributed by atoms with Crippen LogP contribution in [0.1, 0.15) is 27.2 Å². The van der Waals surface area contributed by atoms with E-state index in [4.69, 9.17) is 4.74 Å². The van der Waals surface area contributed by atoms with Crippen molar-refractivity contribution in [2.75, 3.05) is 32.8 Å². The highest BCUT2D eigenvalue weighted by atomic mass is 16.5. The highest BCUT2D eigenvalue weighted by Gasteiger charge is 2.36. The fourth-order valence-corrected chi connectivity index (χ4v) is 2.40. The van der Waals surface area contributed by atoms with Gasteiger partial charge in [0.2, 0.25) is 5.91 Å². The van der Waals surface area contributed by atoms with Gasteiger partial charge in [-0.1, -0.05) is 6.92 Å². The molecule has 19 heavy (non-hydrogen) atoms. The minimum Gasteiger partial charge on any atom is -0.465 e. The van der Waals surface area contributed by atoms with Crippen molar-refractivity contribution < 1.29 is 14.3 Å². The van der Waals surface area contributed by atoms with Crippen LogP contribution in [0.4, 0.5) is 0 Å². The molecule has 1 heterocycles. The first-order chi connectivity index (χ1) is 9.15. The van der Waals surface area contributed by atoms with Crippen LogP contribution in [0.2, 0.25) is 0 Å². The molecule has 0 aromatic rings. The number of piperazine rings is 1. The van der Waals surface area contributed by atoms with Gasteiger partial charge in [0.15, 0.2) is 0 Å². The van der Waals surface area contributed by atoms with Gasteiger partial charge in [-0.25, -0.2) is 0 Å². The van der Waals surface area contributed by atoms with E-state index in [2.05, 4.69) is 10.6 Å². The monoisotopic (exact) mass is 271 g/mol. The van der Waals surface area contributed by atoms with Gasteiger partial charge in [-0.05, 0) is 20.3 Å². The van der Waals surface area contributed by atoms with Crippen LogP contribution in [0, 0.1) is 0 Å². The first-order valence-corrected chi connectivity index (χ1v) is 7.06. The van der Waals surface area contributed by atoms with Gasteiger partial charge in [0, 0.05) is 26.2 Å². The fourth-order valence-electron chi connectivity index (χ4n) is 2.40. The van der Waals surface area contributed by atoms with Crippen molar-refractivity contribution >= 4 is 11.9 Å². The maximum atomic E-state index is 12.1. The van der Waals surface area contributed by atoms with Crippen LogP contribution in [0.25, 0.3) is 0 Å². The van der Waals surface area contributed by atoms with Crippen molar-refractivity contribution in [2.45, 2.75) is 39.3 Å². The van der Waals surface area contributed by atoms with Crippen molar-refractivity contribution in [3.8, 4) is 0 Å². The van der Waals surface area contributed by atoms with Crippen LogP contribution >= 0.6 is 0 Å². The predicted octanol–water partition coefficient (Wildman–Crippen LogP) is -0.262. The van der Waals surface area contributed by atoms with E-state index >= 15 is 0 Å². The van der Waals surface area contributed by atoms with Gasteiger partial charge in [0.1, 0.15) is 12.1 Å². The van der Waals surface area contributed by atoms with Gasteiger partial charge in [0.05, 0.1) is 6.61 Å². The number of nitrogens with one attached hydrogen (secondary N) is 2. The molecule has 0 saturated carbocycles. The predicted molar refractivity (Wildman–Crippen MR) is 72.8 cm³/mol. The third kappa shape index (κ3) is 4.18. The molecule has 1 amide bonds. The Morgan fingerprint density at radius 3 is 2.74 bits per heavy atom. The van der Waals surface area contributed by atoms with E-state index in [0.29, 0.717) is 32.7 Å². The van der Waals surface area contributed by atoms with E-state index in [1.807, 2.05) is 18.7 Å². The van der Waals surface area contributed by atoms with Gasteiger partial charge in [0.25, 0.3) is 0 Å². The van der Waals surface area contributed by atoms with Gasteiger partial charge in [-0.3, -0.25) is 14.5 Å². The summed E-state index contributed by atoms with van der Waals surface area (Å²) < 4.78 is 5.10. The Balaban J connectivity index is 2.78. The van der Waals surface area contributed by atoms with Crippen molar-refractivity contribution in [1.29, 1.82) is 0 Å². The summed E-state index contributed by atoms with van der Waals surface area (Å²) in [4.78, 5) is 26.0. The molecule has 1 saturated heterocycles. The lowest BCUT2D eigenvalue weighted by atomic mass is 10.1. The smallest absolute Gasteiger partial charge is 0.323 e. The lowest BCUT2D eigenvalue weighted by molar-refractivity contribution is -0.152. The molecule has 1 rings (SSSR count). The summed E-state index contributed by atoms with van der Waals surface area (Å²) in [5.41, 5.74) is 0. The number of carbonyl (C=O) groups excluding carboxylic acids is 2. The zero-order valence-corrected chi connectivity index (χ0v) is 12.1. The molecule has 1 fully saturated rings. The molecule has 2 N–H and O–H groups in total. The van der Waals surface area contributed by atoms with E-state index in [1.165, 1.54) is 0 Å². The Morgan fingerprint density at radius 1 is 1.42 bits per heavy atom. The fraction of sp³-hybridized carbons (Fsp3) is 0.846. The minimum atomic E-state index is -0.338. The van der Waals surface area contributed by atoms with E-state index in [1.54, 1.807) is 6.92 Å². The molecule has 2 unspecified atom stereocenters. The number of rotatable bonds is 6. The molecule has 6 nitrogen and oxygen atoms in total. The first kappa shape index (κ1) is 15.9. The third-order valence-corrected chi connectivity index (χ3v) is 3.28. The molecular weight excluding hydrogens is 246 g/mol. The zero-order valence-electron chi connectivity index (χ0n) is 12.1. The lowest BCUT2D eigenvalue weighted by Gasteiger charge is -2.39. The number of carbonyl (C=O) groups is 2. The SMILES string of the molecule is CCNC(=O)C1CNCCN1C(CC)C(=O)OCC. The van der Waals surface area contributed by atoms with E-state index in [9.17, 15) is 9.59 Å². The second-order valence-corrected chi connectivity index (χ2v) is 4.53. The summed E-state index contributed by atoms with van der Waals surface area (Å²) in [6.45, 7) is 8.63. The molecule has 0 spiro atoms. The van der Waals surface area contributed by atoms with Crippen LogP contribution < -0.4 is 10.6 Å². The standard InChI is InChI=1S/C13H25N3O3/c1-4-10(13(18)19-6-3)16-8-7-14-9-11(16)12(17)15-5-2/h10-11,14H,4-9H2,1-3H3,(H,15,17). The molecular formula is C13H25N3O3. The Kier molecular flexibility index (Phi) is 6.80. The molecule has 0 bridgehead atoms. The highest BCUT2D eigenvalue weighted by molar-refractivity contribution is 5.83. The molecule has 0 aromatic carbocycles. The largest absolute Gasteiger partial charge is 0.465 e. The van der Waals surface area contributed by atoms with Gasteiger partial charge in [-0.15, -0.1) is 0 Å². The van der Waals surface area contributed by atoms with Crippen molar-refractivity contribution in [2.24, 2.45) is 0 Å². The third-order valence-electron chi connectivity index (χ3n) is 3.28. The Morgan fingerprint density at radius 2 is 2.16 bits per heavy atom. The van der Waals surface area contributed by atoms with Crippen LogP contribution in [0.5, 0.6) is 0 Å². The van der Waals surface area contributed by atoms with Crippen molar-refractivity contribution in [1.82, 2.24) is 15.5 Å². The Hall–Kier alpha value is -1.14. The molecule has 0 aliphatic carbocycles. The van der Waals surface area contributed by atoms with Gasteiger partial charge >= 0.3 is 5.97 Å². The van der Waals surface area contributed by atoms with Crippen molar-refractivity contribution in [3.05, 3.63) is 0 Å². The molecule has 0 radical (unpaired) electrons. The number of amides is 1. The van der Waals surface area contributed by atoms with Crippen LogP contribution in [0.3, 0.4) is 0 Å². The summed E-state index contributed by atoms with van der Waals surface area (Å²) in [6, 6.07) is -0.641. The molecule has 1 aliphatic rings. The second-order valence-electron chi connectivity index (χ2n) is 4.53. The number of likely N-dealkylation sites (N-methyl/N-ethyl adjacent to an activating group) is 1. The normalized spacial score (nSPS) is 21.7. The van der Waals surface area contributed by atoms with Crippen LogP contribution in [0.15, 0.2) is 0 Å². The zero-order chi connectivity index (χ0) is 14.3. The quantitative estimate of drug-likeness (QED) is 0.651. The lowest BCUT2D eigenvalue weighted by Crippen LogP contribution is -2.62. The molecule has 110 valence electrons.